The number of hydrogen-bond donors (Lipinski definition) is 1. The zero-order chi connectivity index (χ0) is 15.4. The molecule has 0 fully saturated rings. The number of nitro benzene ring substituents is 1. The van der Waals surface area contributed by atoms with Gasteiger partial charge in [-0.3, -0.25) is 10.1 Å². The lowest BCUT2D eigenvalue weighted by Crippen LogP contribution is -2.06. The summed E-state index contributed by atoms with van der Waals surface area (Å²) in [6, 6.07) is 9.78. The molecule has 5 nitrogen and oxygen atoms in total. The van der Waals surface area contributed by atoms with Crippen LogP contribution in [0.25, 0.3) is 0 Å². The van der Waals surface area contributed by atoms with Crippen LogP contribution in [0.2, 0.25) is 10.0 Å². The van der Waals surface area contributed by atoms with Crippen molar-refractivity contribution >= 4 is 28.9 Å². The molecule has 110 valence electrons. The summed E-state index contributed by atoms with van der Waals surface area (Å²) in [6.45, 7) is 0.575. The molecular formula is C14H12Cl2N2O3. The van der Waals surface area contributed by atoms with Gasteiger partial charge in [-0.05, 0) is 13.1 Å². The van der Waals surface area contributed by atoms with Crippen molar-refractivity contribution in [3.63, 3.8) is 0 Å². The first-order chi connectivity index (χ1) is 10.0. The van der Waals surface area contributed by atoms with Gasteiger partial charge in [-0.1, -0.05) is 41.4 Å². The van der Waals surface area contributed by atoms with Crippen molar-refractivity contribution in [1.29, 1.82) is 0 Å². The van der Waals surface area contributed by atoms with Gasteiger partial charge in [0, 0.05) is 24.2 Å². The van der Waals surface area contributed by atoms with Gasteiger partial charge >= 0.3 is 5.69 Å². The summed E-state index contributed by atoms with van der Waals surface area (Å²) in [5.41, 5.74) is 0.643. The van der Waals surface area contributed by atoms with E-state index in [1.54, 1.807) is 19.2 Å². The van der Waals surface area contributed by atoms with Gasteiger partial charge in [-0.25, -0.2) is 0 Å². The first-order valence-corrected chi connectivity index (χ1v) is 6.82. The number of benzene rings is 2. The van der Waals surface area contributed by atoms with Gasteiger partial charge in [0.05, 0.1) is 15.0 Å². The number of hydrogen-bond acceptors (Lipinski definition) is 4. The van der Waals surface area contributed by atoms with Gasteiger partial charge in [-0.2, -0.15) is 0 Å². The molecule has 1 N–H and O–H groups in total. The average Bonchev–Trinajstić information content (AvgIpc) is 2.44. The summed E-state index contributed by atoms with van der Waals surface area (Å²) in [5, 5.41) is 14.4. The average molecular weight is 327 g/mol. The largest absolute Gasteiger partial charge is 0.450 e. The quantitative estimate of drug-likeness (QED) is 0.652. The lowest BCUT2D eigenvalue weighted by Gasteiger charge is -2.11. The van der Waals surface area contributed by atoms with Crippen LogP contribution < -0.4 is 10.1 Å². The molecule has 0 amide bonds. The van der Waals surface area contributed by atoms with Crippen LogP contribution in [0.5, 0.6) is 11.5 Å². The van der Waals surface area contributed by atoms with E-state index in [1.807, 2.05) is 12.1 Å². The van der Waals surface area contributed by atoms with Gasteiger partial charge in [0.15, 0.2) is 0 Å². The molecule has 0 spiro atoms. The zero-order valence-corrected chi connectivity index (χ0v) is 12.6. The van der Waals surface area contributed by atoms with Crippen LogP contribution in [-0.4, -0.2) is 12.0 Å². The molecule has 0 aliphatic heterocycles. The van der Waals surface area contributed by atoms with Crippen LogP contribution in [0.15, 0.2) is 36.4 Å². The smallest absolute Gasteiger partial charge is 0.313 e. The Labute approximate surface area is 131 Å². The number of ether oxygens (including phenoxy) is 1. The summed E-state index contributed by atoms with van der Waals surface area (Å²) in [4.78, 5) is 10.5. The standard InChI is InChI=1S/C14H12Cl2N2O3/c1-17-8-9-4-2-3-5-13(9)21-14-7-11(16)10(15)6-12(14)18(19)20/h2-7,17H,8H2,1H3. The highest BCUT2D eigenvalue weighted by atomic mass is 35.5. The molecule has 2 aromatic rings. The van der Waals surface area contributed by atoms with Gasteiger partial charge < -0.3 is 10.1 Å². The molecule has 2 aromatic carbocycles. The van der Waals surface area contributed by atoms with Crippen LogP contribution in [0.4, 0.5) is 5.69 Å². The molecule has 0 radical (unpaired) electrons. The maximum Gasteiger partial charge on any atom is 0.313 e. The van der Waals surface area contributed by atoms with Crippen molar-refractivity contribution in [2.45, 2.75) is 6.54 Å². The van der Waals surface area contributed by atoms with Crippen molar-refractivity contribution in [2.75, 3.05) is 7.05 Å². The van der Waals surface area contributed by atoms with Crippen LogP contribution in [0.1, 0.15) is 5.56 Å². The Morgan fingerprint density at radius 2 is 1.86 bits per heavy atom. The lowest BCUT2D eigenvalue weighted by atomic mass is 10.2. The summed E-state index contributed by atoms with van der Waals surface area (Å²) in [7, 11) is 1.80. The van der Waals surface area contributed by atoms with Crippen molar-refractivity contribution in [3.05, 3.63) is 62.1 Å². The summed E-state index contributed by atoms with van der Waals surface area (Å²) < 4.78 is 5.67. The minimum atomic E-state index is -0.557. The van der Waals surface area contributed by atoms with E-state index in [-0.39, 0.29) is 21.5 Å². The first kappa shape index (κ1) is 15.6. The van der Waals surface area contributed by atoms with Crippen molar-refractivity contribution < 1.29 is 9.66 Å². The number of nitrogens with zero attached hydrogens (tertiary/aromatic N) is 1. The Kier molecular flexibility index (Phi) is 5.01. The van der Waals surface area contributed by atoms with Crippen LogP contribution >= 0.6 is 23.2 Å². The summed E-state index contributed by atoms with van der Waals surface area (Å²) in [6.07, 6.45) is 0. The molecule has 21 heavy (non-hydrogen) atoms. The fraction of sp³-hybridized carbons (Fsp3) is 0.143. The fourth-order valence-electron chi connectivity index (χ4n) is 1.80. The monoisotopic (exact) mass is 326 g/mol. The molecule has 0 atom stereocenters. The molecule has 0 bridgehead atoms. The number of para-hydroxylation sites is 1. The Bertz CT molecular complexity index is 677. The van der Waals surface area contributed by atoms with Gasteiger partial charge in [-0.15, -0.1) is 0 Å². The first-order valence-electron chi connectivity index (χ1n) is 6.06. The third kappa shape index (κ3) is 3.64. The highest BCUT2D eigenvalue weighted by Gasteiger charge is 2.19. The van der Waals surface area contributed by atoms with E-state index >= 15 is 0 Å². The van der Waals surface area contributed by atoms with Crippen LogP contribution in [-0.2, 0) is 6.54 Å². The van der Waals surface area contributed by atoms with Gasteiger partial charge in [0.2, 0.25) is 5.75 Å². The van der Waals surface area contributed by atoms with Crippen molar-refractivity contribution in [3.8, 4) is 11.5 Å². The zero-order valence-electron chi connectivity index (χ0n) is 11.1. The minimum absolute atomic E-state index is 0.0537. The van der Waals surface area contributed by atoms with E-state index in [9.17, 15) is 10.1 Å². The molecule has 0 saturated carbocycles. The maximum atomic E-state index is 11.1. The second-order valence-corrected chi connectivity index (χ2v) is 5.05. The minimum Gasteiger partial charge on any atom is -0.450 e. The number of nitrogens with one attached hydrogen (secondary N) is 1. The van der Waals surface area contributed by atoms with Crippen LogP contribution in [0.3, 0.4) is 0 Å². The van der Waals surface area contributed by atoms with E-state index in [2.05, 4.69) is 5.32 Å². The molecule has 2 rings (SSSR count). The SMILES string of the molecule is CNCc1ccccc1Oc1cc(Cl)c(Cl)cc1[N+](=O)[O-]. The number of rotatable bonds is 5. The predicted molar refractivity (Wildman–Crippen MR) is 82.4 cm³/mol. The molecule has 0 aliphatic rings. The second kappa shape index (κ2) is 6.76. The van der Waals surface area contributed by atoms with Crippen LogP contribution in [0, 0.1) is 10.1 Å². The number of halogens is 2. The predicted octanol–water partition coefficient (Wildman–Crippen LogP) is 4.41. The third-order valence-electron chi connectivity index (χ3n) is 2.76. The lowest BCUT2D eigenvalue weighted by molar-refractivity contribution is -0.385. The molecule has 0 unspecified atom stereocenters. The second-order valence-electron chi connectivity index (χ2n) is 4.23. The Morgan fingerprint density at radius 1 is 1.19 bits per heavy atom. The maximum absolute atomic E-state index is 11.1. The van der Waals surface area contributed by atoms with Gasteiger partial charge in [0.1, 0.15) is 5.75 Å². The van der Waals surface area contributed by atoms with E-state index in [4.69, 9.17) is 27.9 Å². The Balaban J connectivity index is 2.44. The Morgan fingerprint density at radius 3 is 2.52 bits per heavy atom. The van der Waals surface area contributed by atoms with E-state index in [0.29, 0.717) is 12.3 Å². The molecule has 0 heterocycles. The Hall–Kier alpha value is -1.82. The molecular weight excluding hydrogens is 315 g/mol. The van der Waals surface area contributed by atoms with Gasteiger partial charge in [0.25, 0.3) is 0 Å². The molecule has 7 heteroatoms. The summed E-state index contributed by atoms with van der Waals surface area (Å²) in [5.74, 6) is 0.575. The topological polar surface area (TPSA) is 64.4 Å². The molecule has 0 aromatic heterocycles. The van der Waals surface area contributed by atoms with E-state index in [0.717, 1.165) is 5.56 Å². The third-order valence-corrected chi connectivity index (χ3v) is 3.48. The van der Waals surface area contributed by atoms with E-state index < -0.39 is 4.92 Å². The normalized spacial score (nSPS) is 10.4. The highest BCUT2D eigenvalue weighted by Crippen LogP contribution is 2.38. The highest BCUT2D eigenvalue weighted by molar-refractivity contribution is 6.42. The van der Waals surface area contributed by atoms with Crippen molar-refractivity contribution in [2.24, 2.45) is 0 Å². The van der Waals surface area contributed by atoms with Crippen molar-refractivity contribution in [1.82, 2.24) is 5.32 Å². The molecule has 0 aliphatic carbocycles. The summed E-state index contributed by atoms with van der Waals surface area (Å²) >= 11 is 11.7. The molecule has 0 saturated heterocycles. The fourth-order valence-corrected chi connectivity index (χ4v) is 2.11. The van der Waals surface area contributed by atoms with E-state index in [1.165, 1.54) is 12.1 Å². The number of nitro groups is 1.